The Morgan fingerprint density at radius 2 is 1.58 bits per heavy atom. The van der Waals surface area contributed by atoms with Gasteiger partial charge in [0.15, 0.2) is 0 Å². The van der Waals surface area contributed by atoms with E-state index in [0.29, 0.717) is 36.5 Å². The van der Waals surface area contributed by atoms with Gasteiger partial charge in [0.2, 0.25) is 15.9 Å². The molecule has 1 amide bonds. The third-order valence-corrected chi connectivity index (χ3v) is 8.11. The minimum Gasteiger partial charge on any atom is -0.355 e. The molecule has 1 heterocycles. The lowest BCUT2D eigenvalue weighted by Crippen LogP contribution is -2.43. The number of benzene rings is 2. The van der Waals surface area contributed by atoms with Crippen molar-refractivity contribution in [2.24, 2.45) is 5.92 Å². The molecule has 1 N–H and O–H groups in total. The molecule has 168 valence electrons. The highest BCUT2D eigenvalue weighted by molar-refractivity contribution is 7.98. The SMILES string of the molecule is O=C(NCCSCc1ccccc1F)C1CCN(S(=O)(=O)Cc2ccccc2F)CC1. The molecule has 0 bridgehead atoms. The van der Waals surface area contributed by atoms with Gasteiger partial charge in [0.05, 0.1) is 5.75 Å². The van der Waals surface area contributed by atoms with E-state index in [1.165, 1.54) is 28.6 Å². The molecule has 0 atom stereocenters. The number of amides is 1. The number of nitrogens with one attached hydrogen (secondary N) is 1. The van der Waals surface area contributed by atoms with Crippen LogP contribution < -0.4 is 5.32 Å². The second kappa shape index (κ2) is 11.1. The number of nitrogens with zero attached hydrogens (tertiary/aromatic N) is 1. The van der Waals surface area contributed by atoms with Crippen LogP contribution in [0.5, 0.6) is 0 Å². The van der Waals surface area contributed by atoms with E-state index in [2.05, 4.69) is 5.32 Å². The van der Waals surface area contributed by atoms with E-state index in [4.69, 9.17) is 0 Å². The monoisotopic (exact) mass is 468 g/mol. The lowest BCUT2D eigenvalue weighted by molar-refractivity contribution is -0.125. The standard InChI is InChI=1S/C22H26F2N2O3S2/c23-20-7-3-1-5-18(20)15-30-14-11-25-22(27)17-9-12-26(13-10-17)31(28,29)16-19-6-2-4-8-21(19)24/h1-8,17H,9-16H2,(H,25,27). The highest BCUT2D eigenvalue weighted by Gasteiger charge is 2.31. The van der Waals surface area contributed by atoms with Gasteiger partial charge in [-0.05, 0) is 30.5 Å². The zero-order chi connectivity index (χ0) is 22.3. The second-order valence-electron chi connectivity index (χ2n) is 7.46. The summed E-state index contributed by atoms with van der Waals surface area (Å²) in [5, 5.41) is 2.88. The molecule has 1 saturated heterocycles. The van der Waals surface area contributed by atoms with Crippen molar-refractivity contribution >= 4 is 27.7 Å². The van der Waals surface area contributed by atoms with Gasteiger partial charge in [-0.2, -0.15) is 11.8 Å². The number of piperidine rings is 1. The highest BCUT2D eigenvalue weighted by atomic mass is 32.2. The van der Waals surface area contributed by atoms with E-state index in [0.717, 1.165) is 0 Å². The quantitative estimate of drug-likeness (QED) is 0.572. The summed E-state index contributed by atoms with van der Waals surface area (Å²) in [7, 11) is -3.63. The highest BCUT2D eigenvalue weighted by Crippen LogP contribution is 2.23. The van der Waals surface area contributed by atoms with Crippen LogP contribution in [0, 0.1) is 17.6 Å². The van der Waals surface area contributed by atoms with Crippen LogP contribution in [0.1, 0.15) is 24.0 Å². The van der Waals surface area contributed by atoms with E-state index in [9.17, 15) is 22.0 Å². The number of rotatable bonds is 9. The Kier molecular flexibility index (Phi) is 8.45. The molecule has 2 aromatic rings. The molecule has 31 heavy (non-hydrogen) atoms. The van der Waals surface area contributed by atoms with Crippen LogP contribution in [0.25, 0.3) is 0 Å². The lowest BCUT2D eigenvalue weighted by Gasteiger charge is -2.30. The zero-order valence-corrected chi connectivity index (χ0v) is 18.7. The van der Waals surface area contributed by atoms with E-state index >= 15 is 0 Å². The Labute approximate surface area is 186 Å². The van der Waals surface area contributed by atoms with Crippen molar-refractivity contribution in [1.82, 2.24) is 9.62 Å². The molecule has 3 rings (SSSR count). The number of sulfonamides is 1. The second-order valence-corrected chi connectivity index (χ2v) is 10.5. The maximum absolute atomic E-state index is 13.8. The zero-order valence-electron chi connectivity index (χ0n) is 17.1. The van der Waals surface area contributed by atoms with Crippen LogP contribution >= 0.6 is 11.8 Å². The summed E-state index contributed by atoms with van der Waals surface area (Å²) in [6.07, 6.45) is 0.870. The van der Waals surface area contributed by atoms with Gasteiger partial charge in [-0.15, -0.1) is 0 Å². The van der Waals surface area contributed by atoms with Crippen LogP contribution in [0.15, 0.2) is 48.5 Å². The number of carbonyl (C=O) groups excluding carboxylic acids is 1. The van der Waals surface area contributed by atoms with Gasteiger partial charge >= 0.3 is 0 Å². The Morgan fingerprint density at radius 3 is 2.19 bits per heavy atom. The molecule has 1 aliphatic rings. The van der Waals surface area contributed by atoms with Gasteiger partial charge in [0, 0.05) is 42.6 Å². The van der Waals surface area contributed by atoms with E-state index in [1.54, 1.807) is 36.0 Å². The Hall–Kier alpha value is -1.97. The Morgan fingerprint density at radius 1 is 1.00 bits per heavy atom. The van der Waals surface area contributed by atoms with E-state index in [1.807, 2.05) is 0 Å². The van der Waals surface area contributed by atoms with E-state index < -0.39 is 15.8 Å². The van der Waals surface area contributed by atoms with Gasteiger partial charge in [-0.1, -0.05) is 36.4 Å². The number of carbonyl (C=O) groups is 1. The van der Waals surface area contributed by atoms with Gasteiger partial charge in [0.25, 0.3) is 0 Å². The fourth-order valence-corrected chi connectivity index (χ4v) is 5.91. The Bertz CT molecular complexity index is 994. The van der Waals surface area contributed by atoms with Crippen molar-refractivity contribution in [3.05, 3.63) is 71.3 Å². The maximum Gasteiger partial charge on any atom is 0.223 e. The first kappa shape index (κ1) is 23.7. The van der Waals surface area contributed by atoms with Crippen molar-refractivity contribution in [3.63, 3.8) is 0 Å². The summed E-state index contributed by atoms with van der Waals surface area (Å²) in [5.74, 6) is -0.259. The molecule has 0 spiro atoms. The first-order valence-electron chi connectivity index (χ1n) is 10.2. The largest absolute Gasteiger partial charge is 0.355 e. The molecule has 9 heteroatoms. The lowest BCUT2D eigenvalue weighted by atomic mass is 9.97. The molecule has 0 unspecified atom stereocenters. The van der Waals surface area contributed by atoms with Crippen LogP contribution in [0.3, 0.4) is 0 Å². The van der Waals surface area contributed by atoms with Gasteiger partial charge in [-0.25, -0.2) is 21.5 Å². The van der Waals surface area contributed by atoms with Crippen molar-refractivity contribution in [2.75, 3.05) is 25.4 Å². The smallest absolute Gasteiger partial charge is 0.223 e. The van der Waals surface area contributed by atoms with Crippen LogP contribution in [-0.4, -0.2) is 44.0 Å². The fourth-order valence-electron chi connectivity index (χ4n) is 3.49. The molecular weight excluding hydrogens is 442 g/mol. The van der Waals surface area contributed by atoms with Crippen molar-refractivity contribution in [2.45, 2.75) is 24.3 Å². The number of hydrogen-bond acceptors (Lipinski definition) is 4. The molecule has 0 saturated carbocycles. The Balaban J connectivity index is 1.38. The van der Waals surface area contributed by atoms with E-state index in [-0.39, 0.29) is 42.0 Å². The first-order valence-corrected chi connectivity index (χ1v) is 12.9. The van der Waals surface area contributed by atoms with Crippen molar-refractivity contribution in [1.29, 1.82) is 0 Å². The summed E-state index contributed by atoms with van der Waals surface area (Å²) in [6, 6.07) is 12.5. The molecular formula is C22H26F2N2O3S2. The predicted octanol–water partition coefficient (Wildman–Crippen LogP) is 3.56. The molecule has 2 aromatic carbocycles. The maximum atomic E-state index is 13.8. The molecule has 0 aliphatic carbocycles. The van der Waals surface area contributed by atoms with Crippen molar-refractivity contribution < 1.29 is 22.0 Å². The molecule has 1 fully saturated rings. The normalized spacial score (nSPS) is 15.7. The average Bonchev–Trinajstić information content (AvgIpc) is 2.76. The summed E-state index contributed by atoms with van der Waals surface area (Å²) in [4.78, 5) is 12.4. The van der Waals surface area contributed by atoms with Crippen LogP contribution in [-0.2, 0) is 26.3 Å². The summed E-state index contributed by atoms with van der Waals surface area (Å²) >= 11 is 1.54. The predicted molar refractivity (Wildman–Crippen MR) is 119 cm³/mol. The van der Waals surface area contributed by atoms with Gasteiger partial charge < -0.3 is 5.32 Å². The summed E-state index contributed by atoms with van der Waals surface area (Å²) in [6.45, 7) is 0.970. The van der Waals surface area contributed by atoms with Crippen LogP contribution in [0.4, 0.5) is 8.78 Å². The minimum atomic E-state index is -3.63. The van der Waals surface area contributed by atoms with Crippen molar-refractivity contribution in [3.8, 4) is 0 Å². The molecule has 0 aromatic heterocycles. The summed E-state index contributed by atoms with van der Waals surface area (Å²) < 4.78 is 53.9. The number of thioether (sulfide) groups is 1. The average molecular weight is 469 g/mol. The number of hydrogen-bond donors (Lipinski definition) is 1. The topological polar surface area (TPSA) is 66.5 Å². The molecule has 1 aliphatic heterocycles. The third-order valence-electron chi connectivity index (χ3n) is 5.27. The summed E-state index contributed by atoms with van der Waals surface area (Å²) in [5.41, 5.74) is 0.790. The molecule has 0 radical (unpaired) electrons. The van der Waals surface area contributed by atoms with Crippen LogP contribution in [0.2, 0.25) is 0 Å². The third kappa shape index (κ3) is 6.75. The minimum absolute atomic E-state index is 0.0855. The number of halogens is 2. The van der Waals surface area contributed by atoms with Gasteiger partial charge in [-0.3, -0.25) is 4.79 Å². The molecule has 5 nitrogen and oxygen atoms in total. The first-order chi connectivity index (χ1) is 14.9. The fraction of sp³-hybridized carbons (Fsp3) is 0.409. The van der Waals surface area contributed by atoms with Gasteiger partial charge in [0.1, 0.15) is 11.6 Å².